The predicted molar refractivity (Wildman–Crippen MR) is 23.6 cm³/mol. The van der Waals surface area contributed by atoms with E-state index in [2.05, 4.69) is 4.74 Å². The van der Waals surface area contributed by atoms with Crippen LogP contribution in [0.4, 0.5) is 8.78 Å². The van der Waals surface area contributed by atoms with Gasteiger partial charge in [-0.2, -0.15) is 0 Å². The molecule has 0 rings (SSSR count). The van der Waals surface area contributed by atoms with Crippen molar-refractivity contribution in [1.29, 1.82) is 0 Å². The van der Waals surface area contributed by atoms with Crippen LogP contribution < -0.4 is 0 Å². The van der Waals surface area contributed by atoms with Crippen molar-refractivity contribution in [2.45, 2.75) is 19.6 Å². The Morgan fingerprint density at radius 3 is 2.25 bits per heavy atom. The average Bonchev–Trinajstić information content (AvgIpc) is 1.67. The summed E-state index contributed by atoms with van der Waals surface area (Å²) in [4.78, 5) is 0. The van der Waals surface area contributed by atoms with Crippen LogP contribution in [-0.2, 0) is 4.74 Å². The number of aliphatic hydroxyl groups is 1. The smallest absolute Gasteiger partial charge is 0.288 e. The van der Waals surface area contributed by atoms with Gasteiger partial charge in [-0.25, -0.2) is 8.78 Å². The molecule has 0 aliphatic rings. The van der Waals surface area contributed by atoms with E-state index >= 15 is 0 Å². The molecule has 0 heterocycles. The van der Waals surface area contributed by atoms with Gasteiger partial charge in [0.1, 0.15) is 0 Å². The summed E-state index contributed by atoms with van der Waals surface area (Å²) in [5.41, 5.74) is 0. The molecule has 0 saturated heterocycles. The molecule has 0 fully saturated rings. The summed E-state index contributed by atoms with van der Waals surface area (Å²) in [5, 5.41) is 8.15. The van der Waals surface area contributed by atoms with Gasteiger partial charge >= 0.3 is 0 Å². The third-order valence-corrected chi connectivity index (χ3v) is 0.553. The highest BCUT2D eigenvalue weighted by Gasteiger charge is 2.15. The molecule has 8 heavy (non-hydrogen) atoms. The van der Waals surface area contributed by atoms with Crippen LogP contribution in [0, 0.1) is 0 Å². The van der Waals surface area contributed by atoms with E-state index in [0.717, 1.165) is 0 Å². The zero-order valence-electron chi connectivity index (χ0n) is 4.47. The summed E-state index contributed by atoms with van der Waals surface area (Å²) in [5.74, 6) is 0. The van der Waals surface area contributed by atoms with Crippen LogP contribution in [0.2, 0.25) is 0 Å². The standard InChI is InChI=1S/C4H8F2O2/c1-2-8-4(7)3(5)6/h3-4,7H,2H2,1H3/t4-/m0/s1. The number of halogens is 2. The van der Waals surface area contributed by atoms with Gasteiger partial charge in [0.05, 0.1) is 0 Å². The van der Waals surface area contributed by atoms with Gasteiger partial charge < -0.3 is 9.84 Å². The largest absolute Gasteiger partial charge is 0.363 e. The van der Waals surface area contributed by atoms with Gasteiger partial charge in [-0.1, -0.05) is 0 Å². The molecular weight excluding hydrogens is 118 g/mol. The number of hydrogen-bond donors (Lipinski definition) is 1. The Hall–Kier alpha value is -0.220. The Morgan fingerprint density at radius 1 is 1.62 bits per heavy atom. The minimum atomic E-state index is -2.80. The van der Waals surface area contributed by atoms with Crippen LogP contribution in [0.1, 0.15) is 6.92 Å². The summed E-state index contributed by atoms with van der Waals surface area (Å²) in [7, 11) is 0. The van der Waals surface area contributed by atoms with E-state index in [0.29, 0.717) is 0 Å². The Labute approximate surface area is 46.1 Å². The van der Waals surface area contributed by atoms with Crippen molar-refractivity contribution < 1.29 is 18.6 Å². The number of ether oxygens (including phenoxy) is 1. The summed E-state index contributed by atoms with van der Waals surface area (Å²) in [6.07, 6.45) is -4.71. The van der Waals surface area contributed by atoms with Crippen LogP contribution in [-0.4, -0.2) is 24.4 Å². The zero-order valence-corrected chi connectivity index (χ0v) is 4.47. The third-order valence-electron chi connectivity index (χ3n) is 0.553. The van der Waals surface area contributed by atoms with Crippen molar-refractivity contribution in [3.05, 3.63) is 0 Å². The first-order valence-electron chi connectivity index (χ1n) is 2.26. The molecular formula is C4H8F2O2. The van der Waals surface area contributed by atoms with Gasteiger partial charge in [-0.3, -0.25) is 0 Å². The number of hydrogen-bond acceptors (Lipinski definition) is 2. The van der Waals surface area contributed by atoms with Crippen molar-refractivity contribution >= 4 is 0 Å². The van der Waals surface area contributed by atoms with Crippen molar-refractivity contribution in [3.63, 3.8) is 0 Å². The Kier molecular flexibility index (Phi) is 3.64. The van der Waals surface area contributed by atoms with Gasteiger partial charge in [-0.15, -0.1) is 0 Å². The second-order valence-electron chi connectivity index (χ2n) is 1.18. The lowest BCUT2D eigenvalue weighted by Crippen LogP contribution is -2.20. The molecule has 0 aliphatic heterocycles. The Bertz CT molecular complexity index is 58.0. The highest BCUT2D eigenvalue weighted by Crippen LogP contribution is 2.00. The third kappa shape index (κ3) is 2.87. The molecule has 0 spiro atoms. The predicted octanol–water partition coefficient (Wildman–Crippen LogP) is 0.606. The second kappa shape index (κ2) is 3.74. The van der Waals surface area contributed by atoms with Crippen molar-refractivity contribution in [2.75, 3.05) is 6.61 Å². The number of alkyl halides is 2. The fraction of sp³-hybridized carbons (Fsp3) is 1.00. The van der Waals surface area contributed by atoms with Crippen molar-refractivity contribution in [2.24, 2.45) is 0 Å². The lowest BCUT2D eigenvalue weighted by atomic mass is 10.7. The van der Waals surface area contributed by atoms with Gasteiger partial charge in [0, 0.05) is 6.61 Å². The minimum absolute atomic E-state index is 0.103. The number of aliphatic hydroxyl groups excluding tert-OH is 1. The molecule has 0 aromatic heterocycles. The second-order valence-corrected chi connectivity index (χ2v) is 1.18. The van der Waals surface area contributed by atoms with E-state index in [9.17, 15) is 8.78 Å². The van der Waals surface area contributed by atoms with Crippen LogP contribution in [0.25, 0.3) is 0 Å². The monoisotopic (exact) mass is 126 g/mol. The summed E-state index contributed by atoms with van der Waals surface area (Å²) in [6, 6.07) is 0. The van der Waals surface area contributed by atoms with E-state index in [1.807, 2.05) is 0 Å². The molecule has 0 bridgehead atoms. The lowest BCUT2D eigenvalue weighted by Gasteiger charge is -2.06. The maximum absolute atomic E-state index is 11.2. The average molecular weight is 126 g/mol. The van der Waals surface area contributed by atoms with Gasteiger partial charge in [0.25, 0.3) is 6.43 Å². The molecule has 0 aliphatic carbocycles. The molecule has 1 atom stereocenters. The number of rotatable bonds is 3. The van der Waals surface area contributed by atoms with E-state index in [1.54, 1.807) is 0 Å². The maximum atomic E-state index is 11.2. The molecule has 4 heteroatoms. The van der Waals surface area contributed by atoms with Crippen LogP contribution in [0.3, 0.4) is 0 Å². The first-order valence-corrected chi connectivity index (χ1v) is 2.26. The topological polar surface area (TPSA) is 29.5 Å². The van der Waals surface area contributed by atoms with E-state index in [-0.39, 0.29) is 6.61 Å². The molecule has 2 nitrogen and oxygen atoms in total. The van der Waals surface area contributed by atoms with Crippen molar-refractivity contribution in [1.82, 2.24) is 0 Å². The summed E-state index contributed by atoms with van der Waals surface area (Å²) in [6.45, 7) is 1.64. The quantitative estimate of drug-likeness (QED) is 0.561. The Morgan fingerprint density at radius 2 is 2.12 bits per heavy atom. The molecule has 0 saturated carbocycles. The zero-order chi connectivity index (χ0) is 6.57. The molecule has 1 N–H and O–H groups in total. The fourth-order valence-electron chi connectivity index (χ4n) is 0.243. The lowest BCUT2D eigenvalue weighted by molar-refractivity contribution is -0.172. The maximum Gasteiger partial charge on any atom is 0.288 e. The molecule has 0 amide bonds. The first-order chi connectivity index (χ1) is 3.68. The first kappa shape index (κ1) is 7.78. The highest BCUT2D eigenvalue weighted by atomic mass is 19.3. The van der Waals surface area contributed by atoms with Crippen molar-refractivity contribution in [3.8, 4) is 0 Å². The van der Waals surface area contributed by atoms with Gasteiger partial charge in [0.2, 0.25) is 6.29 Å². The van der Waals surface area contributed by atoms with E-state index in [4.69, 9.17) is 5.11 Å². The molecule has 50 valence electrons. The Balaban J connectivity index is 3.17. The minimum Gasteiger partial charge on any atom is -0.363 e. The normalized spacial score (nSPS) is 14.6. The summed E-state index contributed by atoms with van der Waals surface area (Å²) < 4.78 is 26.6. The van der Waals surface area contributed by atoms with Crippen LogP contribution >= 0.6 is 0 Å². The van der Waals surface area contributed by atoms with Crippen LogP contribution in [0.15, 0.2) is 0 Å². The fourth-order valence-corrected chi connectivity index (χ4v) is 0.243. The van der Waals surface area contributed by atoms with Gasteiger partial charge in [-0.05, 0) is 6.92 Å². The SMILES string of the molecule is CCO[C@H](O)C(F)F. The molecule has 0 aromatic rings. The summed E-state index contributed by atoms with van der Waals surface area (Å²) >= 11 is 0. The molecule has 0 unspecified atom stereocenters. The molecule has 0 aromatic carbocycles. The molecule has 0 radical (unpaired) electrons. The van der Waals surface area contributed by atoms with Crippen LogP contribution in [0.5, 0.6) is 0 Å². The van der Waals surface area contributed by atoms with Gasteiger partial charge in [0.15, 0.2) is 0 Å². The highest BCUT2D eigenvalue weighted by molar-refractivity contribution is 4.39. The van der Waals surface area contributed by atoms with E-state index in [1.165, 1.54) is 6.92 Å². The van der Waals surface area contributed by atoms with E-state index < -0.39 is 12.7 Å².